The lowest BCUT2D eigenvalue weighted by molar-refractivity contribution is 0.881. The molecule has 0 spiro atoms. The number of nitrogens with zero attached hydrogens (tertiary/aromatic N) is 4. The van der Waals surface area contributed by atoms with Gasteiger partial charge < -0.3 is 4.57 Å². The molecule has 11 rings (SSSR count). The van der Waals surface area contributed by atoms with E-state index in [-0.39, 0.29) is 0 Å². The van der Waals surface area contributed by atoms with E-state index in [0.717, 1.165) is 33.5 Å². The molecule has 2 aromatic heterocycles. The quantitative estimate of drug-likeness (QED) is 0.179. The second kappa shape index (κ2) is 12.5. The summed E-state index contributed by atoms with van der Waals surface area (Å²) in [6.45, 7) is 0. The maximum atomic E-state index is 5.15. The first-order valence-corrected chi connectivity index (χ1v) is 19.2. The van der Waals surface area contributed by atoms with Gasteiger partial charge in [0.1, 0.15) is 0 Å². The average molecular weight is 709 g/mol. The number of aromatic nitrogens is 4. The molecule has 1 aliphatic carbocycles. The van der Waals surface area contributed by atoms with Crippen molar-refractivity contribution in [1.82, 2.24) is 19.5 Å². The first-order valence-electron chi connectivity index (χ1n) is 18.3. The molecule has 54 heavy (non-hydrogen) atoms. The van der Waals surface area contributed by atoms with Crippen molar-refractivity contribution in [2.24, 2.45) is 0 Å². The third-order valence-electron chi connectivity index (χ3n) is 10.8. The summed E-state index contributed by atoms with van der Waals surface area (Å²) >= 11 is 1.93. The lowest BCUT2D eigenvalue weighted by Crippen LogP contribution is -2.07. The topological polar surface area (TPSA) is 43.6 Å². The zero-order chi connectivity index (χ0) is 35.6. The molecular formula is C49H32N4S. The van der Waals surface area contributed by atoms with Gasteiger partial charge in [-0.1, -0.05) is 146 Å². The predicted molar refractivity (Wildman–Crippen MR) is 224 cm³/mol. The Labute approximate surface area is 317 Å². The van der Waals surface area contributed by atoms with Crippen molar-refractivity contribution < 1.29 is 0 Å². The number of fused-ring (bicyclic) bond motifs is 8. The minimum atomic E-state index is 0.360. The van der Waals surface area contributed by atoms with Crippen LogP contribution in [0.5, 0.6) is 0 Å². The number of thioether (sulfide) groups is 1. The zero-order valence-corrected chi connectivity index (χ0v) is 30.0. The van der Waals surface area contributed by atoms with Gasteiger partial charge in [-0.25, -0.2) is 15.0 Å². The van der Waals surface area contributed by atoms with Crippen molar-refractivity contribution in [2.75, 3.05) is 0 Å². The van der Waals surface area contributed by atoms with Crippen LogP contribution in [0.4, 0.5) is 0 Å². The Bertz CT molecular complexity index is 3000. The van der Waals surface area contributed by atoms with Crippen LogP contribution in [0.3, 0.4) is 0 Å². The van der Waals surface area contributed by atoms with Gasteiger partial charge in [0.25, 0.3) is 0 Å². The van der Waals surface area contributed by atoms with Crippen molar-refractivity contribution in [3.05, 3.63) is 188 Å². The van der Waals surface area contributed by atoms with Gasteiger partial charge in [-0.3, -0.25) is 0 Å². The van der Waals surface area contributed by atoms with E-state index in [0.29, 0.717) is 28.6 Å². The summed E-state index contributed by atoms with van der Waals surface area (Å²) in [4.78, 5) is 16.6. The van der Waals surface area contributed by atoms with E-state index in [2.05, 4.69) is 168 Å². The monoisotopic (exact) mass is 708 g/mol. The maximum Gasteiger partial charge on any atom is 0.164 e. The molecule has 7 aromatic carbocycles. The Morgan fingerprint density at radius 1 is 0.463 bits per heavy atom. The van der Waals surface area contributed by atoms with Crippen molar-refractivity contribution in [1.29, 1.82) is 0 Å². The fourth-order valence-corrected chi connectivity index (χ4v) is 9.52. The second-order valence-electron chi connectivity index (χ2n) is 14.0. The molecule has 2 unspecified atom stereocenters. The summed E-state index contributed by atoms with van der Waals surface area (Å²) in [6.07, 6.45) is 8.93. The summed E-state index contributed by atoms with van der Waals surface area (Å²) in [5.74, 6) is 2.35. The molecule has 0 fully saturated rings. The van der Waals surface area contributed by atoms with Crippen molar-refractivity contribution in [2.45, 2.75) is 16.1 Å². The fraction of sp³-hybridized carbons (Fsp3) is 0.0408. The number of hydrogen-bond donors (Lipinski definition) is 0. The lowest BCUT2D eigenvalue weighted by atomic mass is 9.91. The minimum Gasteiger partial charge on any atom is -0.309 e. The second-order valence-corrected chi connectivity index (χ2v) is 15.2. The van der Waals surface area contributed by atoms with Gasteiger partial charge in [0.05, 0.1) is 11.0 Å². The van der Waals surface area contributed by atoms with Gasteiger partial charge in [0, 0.05) is 54.6 Å². The standard InChI is InChI=1S/C49H32N4S/c1-2-13-32(14-3-1)47-50-48(52-49(51-47)36-25-27-45-42(30-36)40-21-7-9-23-44(40)54-45)35-17-10-15-33(28-35)34-16-11-18-37(29-34)53-43-22-8-6-20-39(43)41-26-24-31-12-4-5-19-38(31)46(41)53/h1-30,40,44H. The molecule has 5 heteroatoms. The van der Waals surface area contributed by atoms with Gasteiger partial charge in [-0.15, -0.1) is 11.8 Å². The van der Waals surface area contributed by atoms with Gasteiger partial charge in [-0.05, 0) is 58.5 Å². The van der Waals surface area contributed by atoms with Crippen LogP contribution in [0.25, 0.3) is 83.6 Å². The molecule has 3 heterocycles. The van der Waals surface area contributed by atoms with Crippen LogP contribution in [0.1, 0.15) is 11.5 Å². The Hall–Kier alpha value is -6.56. The SMILES string of the molecule is C1=CC2Sc3ccc(-c4nc(-c5ccccc5)nc(-c5cccc(-c6cccc(-n7c8ccccc8c8ccc9ccccc9c87)c6)c5)n4)cc3C2C=C1. The normalized spacial score (nSPS) is 15.9. The summed E-state index contributed by atoms with van der Waals surface area (Å²) in [6, 6.07) is 56.2. The van der Waals surface area contributed by atoms with E-state index in [1.807, 2.05) is 30.0 Å². The number of allylic oxidation sites excluding steroid dienone is 3. The van der Waals surface area contributed by atoms with Crippen LogP contribution in [0, 0.1) is 0 Å². The molecule has 1 aliphatic heterocycles. The Morgan fingerprint density at radius 2 is 1.13 bits per heavy atom. The molecule has 2 atom stereocenters. The molecule has 4 nitrogen and oxygen atoms in total. The summed E-state index contributed by atoms with van der Waals surface area (Å²) < 4.78 is 2.42. The zero-order valence-electron chi connectivity index (χ0n) is 29.2. The first kappa shape index (κ1) is 31.0. The number of benzene rings is 7. The highest BCUT2D eigenvalue weighted by molar-refractivity contribution is 8.00. The van der Waals surface area contributed by atoms with E-state index in [4.69, 9.17) is 15.0 Å². The van der Waals surface area contributed by atoms with Crippen molar-refractivity contribution in [3.8, 4) is 51.0 Å². The van der Waals surface area contributed by atoms with Crippen LogP contribution >= 0.6 is 11.8 Å². The lowest BCUT2D eigenvalue weighted by Gasteiger charge is -2.15. The van der Waals surface area contributed by atoms with Crippen LogP contribution < -0.4 is 0 Å². The third kappa shape index (κ3) is 5.12. The van der Waals surface area contributed by atoms with E-state index in [1.165, 1.54) is 43.0 Å². The highest BCUT2D eigenvalue weighted by Crippen LogP contribution is 2.49. The minimum absolute atomic E-state index is 0.360. The maximum absolute atomic E-state index is 5.15. The van der Waals surface area contributed by atoms with Gasteiger partial charge >= 0.3 is 0 Å². The number of hydrogen-bond acceptors (Lipinski definition) is 4. The highest BCUT2D eigenvalue weighted by atomic mass is 32.2. The van der Waals surface area contributed by atoms with Crippen LogP contribution in [-0.2, 0) is 0 Å². The molecule has 0 bridgehead atoms. The fourth-order valence-electron chi connectivity index (χ4n) is 8.19. The van der Waals surface area contributed by atoms with Crippen LogP contribution in [0.2, 0.25) is 0 Å². The van der Waals surface area contributed by atoms with Gasteiger partial charge in [0.15, 0.2) is 17.5 Å². The Morgan fingerprint density at radius 3 is 2.00 bits per heavy atom. The van der Waals surface area contributed by atoms with Gasteiger partial charge in [-0.2, -0.15) is 0 Å². The van der Waals surface area contributed by atoms with Crippen LogP contribution in [0.15, 0.2) is 187 Å². The molecule has 0 amide bonds. The highest BCUT2D eigenvalue weighted by Gasteiger charge is 2.31. The number of para-hydroxylation sites is 1. The molecular weight excluding hydrogens is 677 g/mol. The summed E-state index contributed by atoms with van der Waals surface area (Å²) in [5, 5.41) is 5.41. The number of rotatable bonds is 5. The third-order valence-corrected chi connectivity index (χ3v) is 12.1. The predicted octanol–water partition coefficient (Wildman–Crippen LogP) is 12.5. The van der Waals surface area contributed by atoms with E-state index in [1.54, 1.807) is 0 Å². The summed E-state index contributed by atoms with van der Waals surface area (Å²) in [7, 11) is 0. The largest absolute Gasteiger partial charge is 0.309 e. The molecule has 2 aliphatic rings. The molecule has 9 aromatic rings. The van der Waals surface area contributed by atoms with Gasteiger partial charge in [0.2, 0.25) is 0 Å². The molecule has 0 N–H and O–H groups in total. The van der Waals surface area contributed by atoms with Crippen LogP contribution in [-0.4, -0.2) is 24.8 Å². The van der Waals surface area contributed by atoms with Crippen molar-refractivity contribution in [3.63, 3.8) is 0 Å². The average Bonchev–Trinajstić information content (AvgIpc) is 3.80. The van der Waals surface area contributed by atoms with Crippen molar-refractivity contribution >= 4 is 44.3 Å². The van der Waals surface area contributed by atoms with E-state index >= 15 is 0 Å². The Kier molecular flexibility index (Phi) is 7.20. The Balaban J connectivity index is 1.03. The molecule has 0 saturated carbocycles. The van der Waals surface area contributed by atoms with E-state index in [9.17, 15) is 0 Å². The molecule has 0 saturated heterocycles. The van der Waals surface area contributed by atoms with E-state index < -0.39 is 0 Å². The molecule has 0 radical (unpaired) electrons. The smallest absolute Gasteiger partial charge is 0.164 e. The summed E-state index contributed by atoms with van der Waals surface area (Å²) in [5.41, 5.74) is 10.0. The first-order chi connectivity index (χ1) is 26.7. The molecule has 254 valence electrons.